The molecule has 166 valence electrons. The molecule has 2 aliphatic rings. The lowest BCUT2D eigenvalue weighted by Gasteiger charge is -2.43. The van der Waals surface area contributed by atoms with Crippen LogP contribution >= 0.6 is 0 Å². The number of pyridine rings is 1. The van der Waals surface area contributed by atoms with Crippen molar-refractivity contribution in [2.75, 3.05) is 44.0 Å². The van der Waals surface area contributed by atoms with Gasteiger partial charge in [-0.25, -0.2) is 4.98 Å². The molecule has 9 heteroatoms. The maximum atomic E-state index is 12.0. The van der Waals surface area contributed by atoms with Gasteiger partial charge in [0.05, 0.1) is 36.9 Å². The smallest absolute Gasteiger partial charge is 0.251 e. The maximum Gasteiger partial charge on any atom is 0.251 e. The van der Waals surface area contributed by atoms with E-state index in [-0.39, 0.29) is 17.6 Å². The molecule has 4 heterocycles. The number of benzene rings is 1. The normalized spacial score (nSPS) is 23.1. The zero-order valence-electron chi connectivity index (χ0n) is 18.2. The number of amides is 1. The summed E-state index contributed by atoms with van der Waals surface area (Å²) in [5.41, 5.74) is 8.60. The van der Waals surface area contributed by atoms with Crippen LogP contribution in [0.2, 0.25) is 0 Å². The Bertz CT molecular complexity index is 1180. The van der Waals surface area contributed by atoms with Gasteiger partial charge < -0.3 is 25.4 Å². The largest absolute Gasteiger partial charge is 0.383 e. The number of nitrogens with one attached hydrogen (secondary N) is 1. The first-order chi connectivity index (χ1) is 15.5. The highest BCUT2D eigenvalue weighted by Gasteiger charge is 2.43. The van der Waals surface area contributed by atoms with E-state index in [0.29, 0.717) is 60.4 Å². The first-order valence-corrected chi connectivity index (χ1v) is 10.7. The lowest BCUT2D eigenvalue weighted by Crippen LogP contribution is -2.56. The minimum atomic E-state index is -0.324. The van der Waals surface area contributed by atoms with Crippen LogP contribution in [0, 0.1) is 0 Å². The monoisotopic (exact) mass is 434 g/mol. The van der Waals surface area contributed by atoms with Gasteiger partial charge in [0.2, 0.25) is 5.95 Å². The summed E-state index contributed by atoms with van der Waals surface area (Å²) < 4.78 is 11.7. The third-order valence-electron chi connectivity index (χ3n) is 6.17. The first-order valence-electron chi connectivity index (χ1n) is 10.7. The van der Waals surface area contributed by atoms with Gasteiger partial charge in [-0.1, -0.05) is 12.1 Å². The van der Waals surface area contributed by atoms with Gasteiger partial charge in [0, 0.05) is 31.2 Å². The van der Waals surface area contributed by atoms with Crippen molar-refractivity contribution in [2.24, 2.45) is 0 Å². The molecular weight excluding hydrogens is 408 g/mol. The second-order valence-corrected chi connectivity index (χ2v) is 8.41. The van der Waals surface area contributed by atoms with Crippen LogP contribution in [0.25, 0.3) is 22.3 Å². The molecule has 2 aliphatic heterocycles. The number of ether oxygens (including phenoxy) is 2. The van der Waals surface area contributed by atoms with E-state index in [1.807, 2.05) is 30.3 Å². The quantitative estimate of drug-likeness (QED) is 0.643. The molecule has 0 radical (unpaired) electrons. The number of fused-ring (bicyclic) bond motifs is 1. The van der Waals surface area contributed by atoms with Gasteiger partial charge >= 0.3 is 0 Å². The molecule has 2 saturated heterocycles. The molecule has 0 saturated carbocycles. The highest BCUT2D eigenvalue weighted by atomic mass is 16.6. The zero-order valence-corrected chi connectivity index (χ0v) is 18.2. The number of nitrogens with zero attached hydrogens (tertiary/aromatic N) is 4. The number of aromatic nitrogens is 3. The summed E-state index contributed by atoms with van der Waals surface area (Å²) in [6.45, 7) is 4.57. The number of carbonyl (C=O) groups is 1. The van der Waals surface area contributed by atoms with Crippen molar-refractivity contribution in [3.05, 3.63) is 42.0 Å². The molecule has 3 N–H and O–H groups in total. The van der Waals surface area contributed by atoms with Gasteiger partial charge in [-0.3, -0.25) is 4.79 Å². The number of rotatable bonds is 3. The van der Waals surface area contributed by atoms with E-state index in [2.05, 4.69) is 22.1 Å². The summed E-state index contributed by atoms with van der Waals surface area (Å²) in [6, 6.07) is 11.2. The van der Waals surface area contributed by atoms with Crippen LogP contribution < -0.4 is 16.0 Å². The number of nitrogen functional groups attached to an aromatic ring is 1. The van der Waals surface area contributed by atoms with Gasteiger partial charge in [0.1, 0.15) is 11.4 Å². The highest BCUT2D eigenvalue weighted by Crippen LogP contribution is 2.33. The highest BCUT2D eigenvalue weighted by molar-refractivity contribution is 5.95. The summed E-state index contributed by atoms with van der Waals surface area (Å²) in [6.07, 6.45) is 0.851. The van der Waals surface area contributed by atoms with E-state index < -0.39 is 0 Å². The molecule has 2 fully saturated rings. The third-order valence-corrected chi connectivity index (χ3v) is 6.17. The van der Waals surface area contributed by atoms with Crippen molar-refractivity contribution in [1.29, 1.82) is 0 Å². The van der Waals surface area contributed by atoms with E-state index in [0.717, 1.165) is 12.0 Å². The van der Waals surface area contributed by atoms with Crippen LogP contribution in [0.5, 0.6) is 0 Å². The number of morpholine rings is 1. The van der Waals surface area contributed by atoms with Crippen LogP contribution in [0.1, 0.15) is 23.7 Å². The van der Waals surface area contributed by atoms with Crippen LogP contribution in [0.15, 0.2) is 36.4 Å². The van der Waals surface area contributed by atoms with E-state index in [4.69, 9.17) is 25.2 Å². The second kappa shape index (κ2) is 7.99. The van der Waals surface area contributed by atoms with Crippen molar-refractivity contribution >= 4 is 28.7 Å². The second-order valence-electron chi connectivity index (χ2n) is 8.41. The predicted molar refractivity (Wildman–Crippen MR) is 121 cm³/mol. The number of nitrogens with two attached hydrogens (primary N) is 1. The minimum Gasteiger partial charge on any atom is -0.383 e. The Labute approximate surface area is 186 Å². The standard InChI is InChI=1S/C23H26N6O3/c1-14-11-32-23(8-9-31-13-23)12-29(14)22-27-19(24)17-6-7-18(26-20(17)28-22)15-4-3-5-16(10-15)21(30)25-2/h3-7,10,14H,8-9,11-13H2,1-2H3,(H,25,30)(H2,24,26,27,28)/t14-,23-/m0/s1. The molecule has 3 aromatic rings. The van der Waals surface area contributed by atoms with Gasteiger partial charge in [-0.05, 0) is 31.2 Å². The Kier molecular flexibility index (Phi) is 5.15. The SMILES string of the molecule is CNC(=O)c1cccc(-c2ccc3c(N)nc(N4C[C@]5(CCOC5)OC[C@@H]4C)nc3n2)c1. The maximum absolute atomic E-state index is 12.0. The molecule has 2 aromatic heterocycles. The molecule has 2 atom stereocenters. The van der Waals surface area contributed by atoms with E-state index in [9.17, 15) is 4.79 Å². The average Bonchev–Trinajstić information content (AvgIpc) is 3.28. The van der Waals surface area contributed by atoms with E-state index in [1.165, 1.54) is 0 Å². The Morgan fingerprint density at radius 1 is 1.25 bits per heavy atom. The molecule has 1 aromatic carbocycles. The fraction of sp³-hybridized carbons (Fsp3) is 0.391. The number of anilines is 2. The number of carbonyl (C=O) groups excluding carboxylic acids is 1. The van der Waals surface area contributed by atoms with Crippen molar-refractivity contribution in [1.82, 2.24) is 20.3 Å². The molecule has 9 nitrogen and oxygen atoms in total. The first kappa shape index (κ1) is 20.6. The number of hydrogen-bond acceptors (Lipinski definition) is 8. The van der Waals surface area contributed by atoms with E-state index >= 15 is 0 Å². The van der Waals surface area contributed by atoms with Gasteiger partial charge in [0.25, 0.3) is 5.91 Å². The molecule has 32 heavy (non-hydrogen) atoms. The molecule has 0 unspecified atom stereocenters. The molecule has 0 bridgehead atoms. The van der Waals surface area contributed by atoms with Crippen molar-refractivity contribution in [3.63, 3.8) is 0 Å². The van der Waals surface area contributed by atoms with Crippen LogP contribution in [0.3, 0.4) is 0 Å². The average molecular weight is 435 g/mol. The molecule has 5 rings (SSSR count). The van der Waals surface area contributed by atoms with Crippen LogP contribution in [-0.4, -0.2) is 65.9 Å². The molecule has 1 amide bonds. The fourth-order valence-electron chi connectivity index (χ4n) is 4.27. The predicted octanol–water partition coefficient (Wildman–Crippen LogP) is 2.02. The third kappa shape index (κ3) is 3.63. The fourth-order valence-corrected chi connectivity index (χ4v) is 4.27. The lowest BCUT2D eigenvalue weighted by atomic mass is 9.99. The molecule has 1 spiro atoms. The van der Waals surface area contributed by atoms with Crippen molar-refractivity contribution < 1.29 is 14.3 Å². The van der Waals surface area contributed by atoms with Crippen molar-refractivity contribution in [3.8, 4) is 11.3 Å². The summed E-state index contributed by atoms with van der Waals surface area (Å²) in [4.78, 5) is 28.3. The summed E-state index contributed by atoms with van der Waals surface area (Å²) in [5, 5.41) is 3.34. The molecular formula is C23H26N6O3. The Morgan fingerprint density at radius 3 is 2.91 bits per heavy atom. The van der Waals surface area contributed by atoms with E-state index in [1.54, 1.807) is 13.1 Å². The topological polar surface area (TPSA) is 115 Å². The summed E-state index contributed by atoms with van der Waals surface area (Å²) in [5.74, 6) is 0.784. The minimum absolute atomic E-state index is 0.102. The Morgan fingerprint density at radius 2 is 2.12 bits per heavy atom. The van der Waals surface area contributed by atoms with Crippen LogP contribution in [0.4, 0.5) is 11.8 Å². The van der Waals surface area contributed by atoms with Crippen molar-refractivity contribution in [2.45, 2.75) is 25.0 Å². The van der Waals surface area contributed by atoms with Gasteiger partial charge in [-0.15, -0.1) is 0 Å². The lowest BCUT2D eigenvalue weighted by molar-refractivity contribution is -0.0704. The summed E-state index contributed by atoms with van der Waals surface area (Å²) in [7, 11) is 1.61. The Hall–Kier alpha value is -3.30. The summed E-state index contributed by atoms with van der Waals surface area (Å²) >= 11 is 0. The zero-order chi connectivity index (χ0) is 22.3. The molecule has 0 aliphatic carbocycles. The van der Waals surface area contributed by atoms with Crippen LogP contribution in [-0.2, 0) is 9.47 Å². The van der Waals surface area contributed by atoms with Gasteiger partial charge in [-0.2, -0.15) is 9.97 Å². The number of hydrogen-bond donors (Lipinski definition) is 2. The Balaban J connectivity index is 1.53. The van der Waals surface area contributed by atoms with Gasteiger partial charge in [0.15, 0.2) is 5.65 Å².